The number of ether oxygens (including phenoxy) is 1. The van der Waals surface area contributed by atoms with Crippen molar-refractivity contribution in [1.82, 2.24) is 4.90 Å². The van der Waals surface area contributed by atoms with Crippen molar-refractivity contribution < 1.29 is 9.53 Å². The van der Waals surface area contributed by atoms with Crippen LogP contribution >= 0.6 is 36.4 Å². The van der Waals surface area contributed by atoms with Gasteiger partial charge in [0, 0.05) is 24.7 Å². The molecule has 0 aliphatic heterocycles. The number of halogens is 3. The highest BCUT2D eigenvalue weighted by atomic mass is 35.5. The normalized spacial score (nSPS) is 11.1. The van der Waals surface area contributed by atoms with Gasteiger partial charge < -0.3 is 20.7 Å². The van der Waals surface area contributed by atoms with Crippen LogP contribution in [0.4, 0.5) is 5.69 Å². The lowest BCUT2D eigenvalue weighted by Crippen LogP contribution is -2.20. The van der Waals surface area contributed by atoms with Gasteiger partial charge >= 0.3 is 0 Å². The Morgan fingerprint density at radius 2 is 1.85 bits per heavy atom. The molecule has 1 amide bonds. The summed E-state index contributed by atoms with van der Waals surface area (Å²) in [5.41, 5.74) is 7.62. The zero-order valence-electron chi connectivity index (χ0n) is 15.4. The van der Waals surface area contributed by atoms with Crippen LogP contribution in [0, 0.1) is 0 Å². The molecule has 0 heterocycles. The third-order valence-electron chi connectivity index (χ3n) is 3.64. The van der Waals surface area contributed by atoms with Crippen LogP contribution in [0.15, 0.2) is 48.5 Å². The summed E-state index contributed by atoms with van der Waals surface area (Å²) in [6.45, 7) is 1.34. The minimum atomic E-state index is -0.342. The zero-order valence-corrected chi connectivity index (χ0v) is 17.7. The fourth-order valence-electron chi connectivity index (χ4n) is 2.26. The smallest absolute Gasteiger partial charge is 0.226 e. The van der Waals surface area contributed by atoms with Crippen molar-refractivity contribution in [3.63, 3.8) is 0 Å². The lowest BCUT2D eigenvalue weighted by molar-refractivity contribution is -0.116. The monoisotopic (exact) mass is 433 g/mol. The van der Waals surface area contributed by atoms with Gasteiger partial charge in [-0.25, -0.2) is 0 Å². The predicted molar refractivity (Wildman–Crippen MR) is 117 cm³/mol. The SMILES string of the molecule is CN(C)CCOc1ccc(NC(=O)CC(N)c2ccccc2)cc1Cl.Cl.Cl. The first-order chi connectivity index (χ1) is 12.0. The van der Waals surface area contributed by atoms with Crippen LogP contribution in [-0.2, 0) is 4.79 Å². The summed E-state index contributed by atoms with van der Waals surface area (Å²) in [5, 5.41) is 3.28. The van der Waals surface area contributed by atoms with E-state index in [0.29, 0.717) is 23.1 Å². The highest BCUT2D eigenvalue weighted by molar-refractivity contribution is 6.32. The van der Waals surface area contributed by atoms with Gasteiger partial charge in [-0.3, -0.25) is 4.79 Å². The Kier molecular flexibility index (Phi) is 12.1. The van der Waals surface area contributed by atoms with Gasteiger partial charge in [-0.15, -0.1) is 24.8 Å². The van der Waals surface area contributed by atoms with Crippen molar-refractivity contribution >= 4 is 48.0 Å². The molecular weight excluding hydrogens is 409 g/mol. The zero-order chi connectivity index (χ0) is 18.2. The van der Waals surface area contributed by atoms with Crippen molar-refractivity contribution in [1.29, 1.82) is 0 Å². The molecular formula is C19H26Cl3N3O2. The minimum absolute atomic E-state index is 0. The molecule has 2 aromatic carbocycles. The Balaban J connectivity index is 0.00000338. The van der Waals surface area contributed by atoms with Gasteiger partial charge in [-0.1, -0.05) is 41.9 Å². The van der Waals surface area contributed by atoms with E-state index in [-0.39, 0.29) is 43.2 Å². The minimum Gasteiger partial charge on any atom is -0.491 e. The number of hydrogen-bond donors (Lipinski definition) is 2. The van der Waals surface area contributed by atoms with Crippen LogP contribution in [0.1, 0.15) is 18.0 Å². The number of rotatable bonds is 8. The Morgan fingerprint density at radius 3 is 2.44 bits per heavy atom. The second kappa shape index (κ2) is 12.8. The third kappa shape index (κ3) is 8.82. The predicted octanol–water partition coefficient (Wildman–Crippen LogP) is 4.15. The number of nitrogens with zero attached hydrogens (tertiary/aromatic N) is 1. The largest absolute Gasteiger partial charge is 0.491 e. The number of carbonyl (C=O) groups excluding carboxylic acids is 1. The lowest BCUT2D eigenvalue weighted by Gasteiger charge is -2.14. The number of amides is 1. The molecule has 0 fully saturated rings. The van der Waals surface area contributed by atoms with Gasteiger partial charge in [-0.2, -0.15) is 0 Å². The highest BCUT2D eigenvalue weighted by Crippen LogP contribution is 2.28. The first kappa shape index (κ1) is 25.5. The molecule has 3 N–H and O–H groups in total. The molecule has 27 heavy (non-hydrogen) atoms. The summed E-state index contributed by atoms with van der Waals surface area (Å²) >= 11 is 6.22. The topological polar surface area (TPSA) is 67.6 Å². The van der Waals surface area contributed by atoms with Crippen LogP contribution in [0.5, 0.6) is 5.75 Å². The average molecular weight is 435 g/mol. The summed E-state index contributed by atoms with van der Waals surface area (Å²) in [6, 6.07) is 14.4. The summed E-state index contributed by atoms with van der Waals surface area (Å²) in [6.07, 6.45) is 0.197. The van der Waals surface area contributed by atoms with E-state index < -0.39 is 0 Å². The van der Waals surface area contributed by atoms with Crippen LogP contribution in [-0.4, -0.2) is 38.1 Å². The third-order valence-corrected chi connectivity index (χ3v) is 3.94. The molecule has 150 valence electrons. The summed E-state index contributed by atoms with van der Waals surface area (Å²) in [4.78, 5) is 14.2. The van der Waals surface area contributed by atoms with E-state index in [0.717, 1.165) is 12.1 Å². The van der Waals surface area contributed by atoms with Gasteiger partial charge in [0.2, 0.25) is 5.91 Å². The molecule has 0 aliphatic rings. The highest BCUT2D eigenvalue weighted by Gasteiger charge is 2.12. The van der Waals surface area contributed by atoms with Gasteiger partial charge in [0.05, 0.1) is 5.02 Å². The summed E-state index contributed by atoms with van der Waals surface area (Å²) in [5.74, 6) is 0.441. The fourth-order valence-corrected chi connectivity index (χ4v) is 2.50. The van der Waals surface area contributed by atoms with Gasteiger partial charge in [-0.05, 0) is 37.9 Å². The Morgan fingerprint density at radius 1 is 1.19 bits per heavy atom. The second-order valence-corrected chi connectivity index (χ2v) is 6.47. The molecule has 2 aromatic rings. The van der Waals surface area contributed by atoms with Gasteiger partial charge in [0.15, 0.2) is 0 Å². The number of benzene rings is 2. The molecule has 0 radical (unpaired) electrons. The van der Waals surface area contributed by atoms with Crippen LogP contribution < -0.4 is 15.8 Å². The average Bonchev–Trinajstić information content (AvgIpc) is 2.57. The molecule has 0 bridgehead atoms. The lowest BCUT2D eigenvalue weighted by atomic mass is 10.0. The molecule has 0 saturated heterocycles. The van der Waals surface area contributed by atoms with Crippen LogP contribution in [0.25, 0.3) is 0 Å². The number of hydrogen-bond acceptors (Lipinski definition) is 4. The van der Waals surface area contributed by atoms with E-state index >= 15 is 0 Å². The maximum atomic E-state index is 12.2. The number of carbonyl (C=O) groups is 1. The Hall–Kier alpha value is -1.50. The first-order valence-electron chi connectivity index (χ1n) is 8.13. The number of anilines is 1. The fraction of sp³-hybridized carbons (Fsp3) is 0.316. The molecule has 1 atom stereocenters. The maximum absolute atomic E-state index is 12.2. The van der Waals surface area contributed by atoms with E-state index in [1.54, 1.807) is 18.2 Å². The van der Waals surface area contributed by atoms with E-state index in [2.05, 4.69) is 5.32 Å². The van der Waals surface area contributed by atoms with Crippen molar-refractivity contribution in [3.8, 4) is 5.75 Å². The maximum Gasteiger partial charge on any atom is 0.226 e. The van der Waals surface area contributed by atoms with E-state index in [1.165, 1.54) is 0 Å². The standard InChI is InChI=1S/C19H24ClN3O2.2ClH/c1-23(2)10-11-25-18-9-8-15(12-16(18)20)22-19(24)13-17(21)14-6-4-3-5-7-14;;/h3-9,12,17H,10-11,13,21H2,1-2H3,(H,22,24);2*1H. The molecule has 0 spiro atoms. The quantitative estimate of drug-likeness (QED) is 0.655. The molecule has 0 saturated carbocycles. The number of nitrogens with one attached hydrogen (secondary N) is 1. The van der Waals surface area contributed by atoms with Crippen molar-refractivity contribution in [3.05, 3.63) is 59.1 Å². The van der Waals surface area contributed by atoms with E-state index in [4.69, 9.17) is 22.1 Å². The molecule has 2 rings (SSSR count). The second-order valence-electron chi connectivity index (χ2n) is 6.07. The Labute approximate surface area is 178 Å². The van der Waals surface area contributed by atoms with Crippen molar-refractivity contribution in [2.24, 2.45) is 5.73 Å². The molecule has 8 heteroatoms. The van der Waals surface area contributed by atoms with Crippen LogP contribution in [0.2, 0.25) is 5.02 Å². The summed E-state index contributed by atoms with van der Waals surface area (Å²) < 4.78 is 5.62. The number of nitrogens with two attached hydrogens (primary N) is 1. The van der Waals surface area contributed by atoms with Crippen LogP contribution in [0.3, 0.4) is 0 Å². The van der Waals surface area contributed by atoms with Crippen molar-refractivity contribution in [2.45, 2.75) is 12.5 Å². The molecule has 0 aliphatic carbocycles. The van der Waals surface area contributed by atoms with Crippen molar-refractivity contribution in [2.75, 3.05) is 32.6 Å². The van der Waals surface area contributed by atoms with Gasteiger partial charge in [0.25, 0.3) is 0 Å². The van der Waals surface area contributed by atoms with E-state index in [9.17, 15) is 4.79 Å². The summed E-state index contributed by atoms with van der Waals surface area (Å²) in [7, 11) is 3.95. The molecule has 0 aromatic heterocycles. The van der Waals surface area contributed by atoms with E-state index in [1.807, 2.05) is 49.3 Å². The Bertz CT molecular complexity index is 700. The van der Waals surface area contributed by atoms with Gasteiger partial charge in [0.1, 0.15) is 12.4 Å². The molecule has 1 unspecified atom stereocenters. The number of likely N-dealkylation sites (N-methyl/N-ethyl adjacent to an activating group) is 1. The molecule has 5 nitrogen and oxygen atoms in total. The first-order valence-corrected chi connectivity index (χ1v) is 8.51.